The van der Waals surface area contributed by atoms with E-state index in [0.717, 1.165) is 0 Å². The van der Waals surface area contributed by atoms with Gasteiger partial charge in [0.1, 0.15) is 17.5 Å². The fraction of sp³-hybridized carbons (Fsp3) is 0.125. The van der Waals surface area contributed by atoms with Crippen LogP contribution in [0.2, 0.25) is 0 Å². The number of anilines is 2. The number of nitrogens with two attached hydrogens (primary N) is 3. The molecule has 0 saturated carbocycles. The van der Waals surface area contributed by atoms with Crippen LogP contribution in [-0.4, -0.2) is 40.7 Å². The summed E-state index contributed by atoms with van der Waals surface area (Å²) in [5, 5.41) is 0. The SMILES string of the molecule is C=C(N=C(N)c1cc(C(=O)N(C)C)c(N)nc1N)c1cccnc1. The van der Waals surface area contributed by atoms with Crippen molar-refractivity contribution in [2.75, 3.05) is 25.6 Å². The first-order chi connectivity index (χ1) is 11.3. The summed E-state index contributed by atoms with van der Waals surface area (Å²) in [6.07, 6.45) is 3.26. The highest BCUT2D eigenvalue weighted by molar-refractivity contribution is 6.07. The van der Waals surface area contributed by atoms with Gasteiger partial charge in [0.05, 0.1) is 16.8 Å². The average molecular weight is 325 g/mol. The lowest BCUT2D eigenvalue weighted by atomic mass is 10.1. The third-order valence-corrected chi connectivity index (χ3v) is 3.24. The Balaban J connectivity index is 2.44. The minimum atomic E-state index is -0.305. The maximum atomic E-state index is 12.2. The Morgan fingerprint density at radius 2 is 1.92 bits per heavy atom. The number of aliphatic imine (C=N–C) groups is 1. The summed E-state index contributed by atoms with van der Waals surface area (Å²) in [4.78, 5) is 25.7. The topological polar surface area (TPSA) is 137 Å². The molecule has 2 aromatic heterocycles. The van der Waals surface area contributed by atoms with Crippen LogP contribution in [-0.2, 0) is 0 Å². The van der Waals surface area contributed by atoms with Gasteiger partial charge in [0, 0.05) is 32.1 Å². The molecule has 0 radical (unpaired) electrons. The highest BCUT2D eigenvalue weighted by Gasteiger charge is 2.18. The molecule has 0 atom stereocenters. The van der Waals surface area contributed by atoms with Gasteiger partial charge in [-0.1, -0.05) is 6.58 Å². The number of nitrogens with zero attached hydrogens (tertiary/aromatic N) is 4. The van der Waals surface area contributed by atoms with E-state index >= 15 is 0 Å². The average Bonchev–Trinajstić information content (AvgIpc) is 2.54. The summed E-state index contributed by atoms with van der Waals surface area (Å²) < 4.78 is 0. The maximum absolute atomic E-state index is 12.2. The van der Waals surface area contributed by atoms with E-state index in [4.69, 9.17) is 17.2 Å². The number of rotatable bonds is 4. The van der Waals surface area contributed by atoms with E-state index in [1.165, 1.54) is 11.0 Å². The molecule has 0 bridgehead atoms. The molecule has 6 N–H and O–H groups in total. The number of hydrogen-bond donors (Lipinski definition) is 3. The molecule has 2 aromatic rings. The van der Waals surface area contributed by atoms with Gasteiger partial charge in [0.15, 0.2) is 0 Å². The molecule has 0 fully saturated rings. The number of amidine groups is 1. The minimum absolute atomic E-state index is 0.0360. The van der Waals surface area contributed by atoms with Crippen molar-refractivity contribution in [2.24, 2.45) is 10.7 Å². The van der Waals surface area contributed by atoms with Gasteiger partial charge in [-0.3, -0.25) is 9.78 Å². The zero-order valence-electron chi connectivity index (χ0n) is 13.5. The van der Waals surface area contributed by atoms with Crippen LogP contribution >= 0.6 is 0 Å². The molecule has 0 aliphatic heterocycles. The molecule has 124 valence electrons. The van der Waals surface area contributed by atoms with Crippen LogP contribution in [0.4, 0.5) is 11.6 Å². The summed E-state index contributed by atoms with van der Waals surface area (Å²) in [6.45, 7) is 3.85. The van der Waals surface area contributed by atoms with E-state index in [-0.39, 0.29) is 28.9 Å². The first-order valence-corrected chi connectivity index (χ1v) is 7.02. The lowest BCUT2D eigenvalue weighted by molar-refractivity contribution is 0.0828. The lowest BCUT2D eigenvalue weighted by Crippen LogP contribution is -2.25. The number of carbonyl (C=O) groups excluding carboxylic acids is 1. The van der Waals surface area contributed by atoms with Gasteiger partial charge in [-0.15, -0.1) is 0 Å². The zero-order chi connectivity index (χ0) is 17.9. The van der Waals surface area contributed by atoms with Crippen molar-refractivity contribution >= 4 is 29.1 Å². The smallest absolute Gasteiger partial charge is 0.257 e. The Kier molecular flexibility index (Phi) is 4.78. The van der Waals surface area contributed by atoms with Gasteiger partial charge in [0.2, 0.25) is 0 Å². The Hall–Kier alpha value is -3.42. The van der Waals surface area contributed by atoms with Crippen molar-refractivity contribution in [2.45, 2.75) is 0 Å². The highest BCUT2D eigenvalue weighted by atomic mass is 16.2. The quantitative estimate of drug-likeness (QED) is 0.559. The van der Waals surface area contributed by atoms with E-state index in [9.17, 15) is 4.79 Å². The molecule has 8 nitrogen and oxygen atoms in total. The van der Waals surface area contributed by atoms with E-state index in [1.807, 2.05) is 0 Å². The number of hydrogen-bond acceptors (Lipinski definition) is 6. The van der Waals surface area contributed by atoms with Crippen molar-refractivity contribution < 1.29 is 4.79 Å². The summed E-state index contributed by atoms with van der Waals surface area (Å²) in [5.74, 6) is -0.0985. The molecule has 2 rings (SSSR count). The minimum Gasteiger partial charge on any atom is -0.383 e. The molecular formula is C16H19N7O. The number of carbonyl (C=O) groups is 1. The second kappa shape index (κ2) is 6.78. The van der Waals surface area contributed by atoms with E-state index in [2.05, 4.69) is 21.5 Å². The van der Waals surface area contributed by atoms with Crippen molar-refractivity contribution in [1.82, 2.24) is 14.9 Å². The number of nitrogen functional groups attached to an aromatic ring is 2. The van der Waals surface area contributed by atoms with E-state index in [1.54, 1.807) is 38.6 Å². The molecule has 0 aromatic carbocycles. The fourth-order valence-corrected chi connectivity index (χ4v) is 1.96. The van der Waals surface area contributed by atoms with Crippen LogP contribution in [0.15, 0.2) is 42.2 Å². The summed E-state index contributed by atoms with van der Waals surface area (Å²) in [6, 6.07) is 5.05. The lowest BCUT2D eigenvalue weighted by Gasteiger charge is -2.14. The van der Waals surface area contributed by atoms with E-state index in [0.29, 0.717) is 16.8 Å². The predicted octanol–water partition coefficient (Wildman–Crippen LogP) is 0.719. The normalized spacial score (nSPS) is 11.2. The Labute approximate surface area is 139 Å². The molecule has 0 aliphatic rings. The second-order valence-corrected chi connectivity index (χ2v) is 5.24. The number of aromatic nitrogens is 2. The van der Waals surface area contributed by atoms with Crippen molar-refractivity contribution in [1.29, 1.82) is 0 Å². The molecule has 0 unspecified atom stereocenters. The van der Waals surface area contributed by atoms with E-state index < -0.39 is 0 Å². The molecule has 1 amide bonds. The molecule has 0 saturated heterocycles. The monoisotopic (exact) mass is 325 g/mol. The number of pyridine rings is 2. The van der Waals surface area contributed by atoms with Crippen LogP contribution in [0.5, 0.6) is 0 Å². The van der Waals surface area contributed by atoms with Gasteiger partial charge >= 0.3 is 0 Å². The second-order valence-electron chi connectivity index (χ2n) is 5.24. The summed E-state index contributed by atoms with van der Waals surface area (Å²) in [5.41, 5.74) is 19.3. The van der Waals surface area contributed by atoms with Gasteiger partial charge in [-0.05, 0) is 18.2 Å². The first-order valence-electron chi connectivity index (χ1n) is 7.02. The highest BCUT2D eigenvalue weighted by Crippen LogP contribution is 2.20. The van der Waals surface area contributed by atoms with Crippen molar-refractivity contribution in [3.05, 3.63) is 53.9 Å². The zero-order valence-corrected chi connectivity index (χ0v) is 13.5. The standard InChI is InChI=1S/C16H19N7O/c1-9(10-5-4-6-20-8-10)21-13(17)11-7-12(16(24)23(2)3)15(19)22-14(11)18/h4-8H,1H2,2-3H3,(H2,17,21)(H4,18,19,22). The molecular weight excluding hydrogens is 306 g/mol. The summed E-state index contributed by atoms with van der Waals surface area (Å²) in [7, 11) is 3.22. The maximum Gasteiger partial charge on any atom is 0.257 e. The first kappa shape index (κ1) is 16.9. The largest absolute Gasteiger partial charge is 0.383 e. The summed E-state index contributed by atoms with van der Waals surface area (Å²) >= 11 is 0. The van der Waals surface area contributed by atoms with Gasteiger partial charge in [-0.25, -0.2) is 9.98 Å². The van der Waals surface area contributed by atoms with Gasteiger partial charge in [0.25, 0.3) is 5.91 Å². The van der Waals surface area contributed by atoms with Crippen molar-refractivity contribution in [3.8, 4) is 0 Å². The third kappa shape index (κ3) is 3.49. The van der Waals surface area contributed by atoms with Crippen LogP contribution < -0.4 is 17.2 Å². The van der Waals surface area contributed by atoms with Gasteiger partial charge in [-0.2, -0.15) is 0 Å². The number of amides is 1. The Morgan fingerprint density at radius 3 is 2.50 bits per heavy atom. The molecule has 0 aliphatic carbocycles. The fourth-order valence-electron chi connectivity index (χ4n) is 1.96. The predicted molar refractivity (Wildman–Crippen MR) is 95.1 cm³/mol. The Bertz CT molecular complexity index is 813. The van der Waals surface area contributed by atoms with Crippen LogP contribution in [0.25, 0.3) is 5.70 Å². The van der Waals surface area contributed by atoms with Crippen LogP contribution in [0.1, 0.15) is 21.5 Å². The Morgan fingerprint density at radius 1 is 1.25 bits per heavy atom. The third-order valence-electron chi connectivity index (χ3n) is 3.24. The molecule has 2 heterocycles. The van der Waals surface area contributed by atoms with Crippen LogP contribution in [0, 0.1) is 0 Å². The van der Waals surface area contributed by atoms with Crippen molar-refractivity contribution in [3.63, 3.8) is 0 Å². The van der Waals surface area contributed by atoms with Crippen LogP contribution in [0.3, 0.4) is 0 Å². The van der Waals surface area contributed by atoms with Gasteiger partial charge < -0.3 is 22.1 Å². The molecule has 8 heteroatoms. The molecule has 0 spiro atoms. The molecule has 24 heavy (non-hydrogen) atoms.